The number of aliphatic hydroxyl groups excluding tert-OH is 1. The Kier molecular flexibility index (Phi) is 6.49. The van der Waals surface area contributed by atoms with Gasteiger partial charge in [-0.15, -0.1) is 0 Å². The minimum absolute atomic E-state index is 0.0513. The van der Waals surface area contributed by atoms with Crippen LogP contribution < -0.4 is 11.1 Å². The highest BCUT2D eigenvalue weighted by Crippen LogP contribution is 2.40. The van der Waals surface area contributed by atoms with Gasteiger partial charge in [0.25, 0.3) is 5.91 Å². The lowest BCUT2D eigenvalue weighted by atomic mass is 9.96. The van der Waals surface area contributed by atoms with E-state index in [1.54, 1.807) is 44.2 Å². The number of anilines is 1. The molecule has 1 aromatic carbocycles. The number of primary amides is 1. The second-order valence-corrected chi connectivity index (χ2v) is 7.33. The number of nitrogens with one attached hydrogen (secondary N) is 1. The molecule has 0 spiro atoms. The average Bonchev–Trinajstić information content (AvgIpc) is 3.09. The monoisotopic (exact) mass is 435 g/mol. The predicted molar refractivity (Wildman–Crippen MR) is 110 cm³/mol. The van der Waals surface area contributed by atoms with Gasteiger partial charge in [-0.1, -0.05) is 43.7 Å². The van der Waals surface area contributed by atoms with Gasteiger partial charge in [0, 0.05) is 18.3 Å². The fourth-order valence-corrected chi connectivity index (χ4v) is 3.49. The molecule has 0 saturated carbocycles. The number of nitrogens with zero attached hydrogens (tertiary/aromatic N) is 3. The van der Waals surface area contributed by atoms with Crippen molar-refractivity contribution in [3.05, 3.63) is 58.9 Å². The van der Waals surface area contributed by atoms with Gasteiger partial charge in [-0.3, -0.25) is 4.79 Å². The lowest BCUT2D eigenvalue weighted by molar-refractivity contribution is -0.152. The van der Waals surface area contributed by atoms with E-state index >= 15 is 0 Å². The van der Waals surface area contributed by atoms with Crippen LogP contribution in [0.4, 0.5) is 19.0 Å². The van der Waals surface area contributed by atoms with Crippen LogP contribution in [-0.4, -0.2) is 38.3 Å². The minimum atomic E-state index is -4.58. The van der Waals surface area contributed by atoms with Gasteiger partial charge < -0.3 is 16.2 Å². The summed E-state index contributed by atoms with van der Waals surface area (Å²) in [5.74, 6) is -2.66. The zero-order valence-electron chi connectivity index (χ0n) is 17.1. The standard InChI is InChI=1S/C21H24F3N5O2/c1-3-7-14(21(22,23)24)18-17(19(25)31)20-27-16(10-12(2)29(20)28-18)26-11-15(30)13-8-5-4-6-9-13/h4-6,8-10,14-15,30H,3,7,11H2,1-2H3,(H2,25,31)(H,26,27). The normalized spacial score (nSPS) is 13.9. The third-order valence-electron chi connectivity index (χ3n) is 5.00. The minimum Gasteiger partial charge on any atom is -0.387 e. The van der Waals surface area contributed by atoms with Crippen molar-refractivity contribution < 1.29 is 23.1 Å². The Balaban J connectivity index is 2.00. The first-order valence-corrected chi connectivity index (χ1v) is 9.87. The summed E-state index contributed by atoms with van der Waals surface area (Å²) in [7, 11) is 0. The fraction of sp³-hybridized carbons (Fsp3) is 0.381. The first kappa shape index (κ1) is 22.5. The molecule has 0 aliphatic carbocycles. The molecular formula is C21H24F3N5O2. The molecular weight excluding hydrogens is 411 g/mol. The molecule has 0 aliphatic heterocycles. The maximum atomic E-state index is 13.7. The summed E-state index contributed by atoms with van der Waals surface area (Å²) < 4.78 is 42.2. The maximum Gasteiger partial charge on any atom is 0.397 e. The Bertz CT molecular complexity index is 1070. The Morgan fingerprint density at radius 2 is 1.97 bits per heavy atom. The van der Waals surface area contributed by atoms with Crippen LogP contribution in [0.5, 0.6) is 0 Å². The molecule has 3 rings (SSSR count). The molecule has 2 aromatic heterocycles. The molecule has 0 bridgehead atoms. The lowest BCUT2D eigenvalue weighted by Crippen LogP contribution is -2.24. The topological polar surface area (TPSA) is 106 Å². The Morgan fingerprint density at radius 1 is 1.29 bits per heavy atom. The van der Waals surface area contributed by atoms with Crippen LogP contribution in [-0.2, 0) is 0 Å². The number of alkyl halides is 3. The summed E-state index contributed by atoms with van der Waals surface area (Å²) in [6.07, 6.45) is -5.37. The Labute approximate surface area is 177 Å². The molecule has 1 amide bonds. The van der Waals surface area contributed by atoms with Crippen molar-refractivity contribution in [1.29, 1.82) is 0 Å². The van der Waals surface area contributed by atoms with Crippen molar-refractivity contribution in [2.75, 3.05) is 11.9 Å². The summed E-state index contributed by atoms with van der Waals surface area (Å²) in [5, 5.41) is 17.3. The first-order valence-electron chi connectivity index (χ1n) is 9.87. The van der Waals surface area contributed by atoms with E-state index in [0.717, 1.165) is 0 Å². The molecule has 0 fully saturated rings. The maximum absolute atomic E-state index is 13.7. The molecule has 0 saturated heterocycles. The second kappa shape index (κ2) is 8.93. The highest BCUT2D eigenvalue weighted by molar-refractivity contribution is 6.00. The number of rotatable bonds is 8. The van der Waals surface area contributed by atoms with Gasteiger partial charge >= 0.3 is 6.18 Å². The number of aromatic nitrogens is 3. The number of aliphatic hydroxyl groups is 1. The molecule has 2 heterocycles. The fourth-order valence-electron chi connectivity index (χ4n) is 3.49. The SMILES string of the molecule is CCCC(c1nn2c(C)cc(NCC(O)c3ccccc3)nc2c1C(N)=O)C(F)(F)F. The molecule has 2 atom stereocenters. The van der Waals surface area contributed by atoms with Crippen molar-refractivity contribution in [1.82, 2.24) is 14.6 Å². The van der Waals surface area contributed by atoms with Gasteiger partial charge in [-0.2, -0.15) is 18.3 Å². The zero-order valence-corrected chi connectivity index (χ0v) is 17.1. The van der Waals surface area contributed by atoms with Gasteiger partial charge in [0.2, 0.25) is 0 Å². The van der Waals surface area contributed by atoms with E-state index < -0.39 is 29.8 Å². The molecule has 31 heavy (non-hydrogen) atoms. The average molecular weight is 435 g/mol. The van der Waals surface area contributed by atoms with Gasteiger partial charge in [0.05, 0.1) is 17.7 Å². The van der Waals surface area contributed by atoms with Crippen molar-refractivity contribution in [3.63, 3.8) is 0 Å². The van der Waals surface area contributed by atoms with Crippen LogP contribution >= 0.6 is 0 Å². The number of carbonyl (C=O) groups is 1. The van der Waals surface area contributed by atoms with E-state index in [1.165, 1.54) is 4.52 Å². The molecule has 10 heteroatoms. The Hall–Kier alpha value is -3.14. The number of hydrogen-bond donors (Lipinski definition) is 3. The molecule has 0 aliphatic rings. The number of carbonyl (C=O) groups excluding carboxylic acids is 1. The Morgan fingerprint density at radius 3 is 2.55 bits per heavy atom. The number of amides is 1. The lowest BCUT2D eigenvalue weighted by Gasteiger charge is -2.18. The van der Waals surface area contributed by atoms with Gasteiger partial charge in [0.1, 0.15) is 11.4 Å². The number of fused-ring (bicyclic) bond motifs is 1. The molecule has 2 unspecified atom stereocenters. The van der Waals surface area contributed by atoms with Crippen LogP contribution in [0, 0.1) is 6.92 Å². The van der Waals surface area contributed by atoms with Gasteiger partial charge in [-0.05, 0) is 18.9 Å². The number of hydrogen-bond acceptors (Lipinski definition) is 5. The third kappa shape index (κ3) is 4.79. The number of nitrogens with two attached hydrogens (primary N) is 1. The smallest absolute Gasteiger partial charge is 0.387 e. The summed E-state index contributed by atoms with van der Waals surface area (Å²) in [6, 6.07) is 10.6. The summed E-state index contributed by atoms with van der Waals surface area (Å²) in [5.41, 5.74) is 5.79. The second-order valence-electron chi connectivity index (χ2n) is 7.33. The molecule has 7 nitrogen and oxygen atoms in total. The van der Waals surface area contributed by atoms with Gasteiger partial charge in [0.15, 0.2) is 5.65 Å². The zero-order chi connectivity index (χ0) is 22.8. The van der Waals surface area contributed by atoms with E-state index in [9.17, 15) is 23.1 Å². The third-order valence-corrected chi connectivity index (χ3v) is 5.00. The van der Waals surface area contributed by atoms with Crippen LogP contribution in [0.2, 0.25) is 0 Å². The molecule has 0 radical (unpaired) electrons. The first-order chi connectivity index (χ1) is 14.6. The quantitative estimate of drug-likeness (QED) is 0.500. The largest absolute Gasteiger partial charge is 0.397 e. The number of halogens is 3. The summed E-state index contributed by atoms with van der Waals surface area (Å²) >= 11 is 0. The van der Waals surface area contributed by atoms with E-state index in [1.807, 2.05) is 6.07 Å². The summed E-state index contributed by atoms with van der Waals surface area (Å²) in [4.78, 5) is 16.4. The number of aryl methyl sites for hydroxylation is 1. The highest BCUT2D eigenvalue weighted by Gasteiger charge is 2.44. The van der Waals surface area contributed by atoms with E-state index in [4.69, 9.17) is 5.73 Å². The van der Waals surface area contributed by atoms with Crippen LogP contribution in [0.3, 0.4) is 0 Å². The van der Waals surface area contributed by atoms with Crippen molar-refractivity contribution in [2.45, 2.75) is 44.9 Å². The molecule has 4 N–H and O–H groups in total. The highest BCUT2D eigenvalue weighted by atomic mass is 19.4. The van der Waals surface area contributed by atoms with Gasteiger partial charge in [-0.25, -0.2) is 9.50 Å². The summed E-state index contributed by atoms with van der Waals surface area (Å²) in [6.45, 7) is 3.38. The predicted octanol–water partition coefficient (Wildman–Crippen LogP) is 3.73. The van der Waals surface area contributed by atoms with Crippen LogP contribution in [0.25, 0.3) is 5.65 Å². The van der Waals surface area contributed by atoms with E-state index in [0.29, 0.717) is 11.3 Å². The molecule has 166 valence electrons. The molecule has 3 aromatic rings. The van der Waals surface area contributed by atoms with E-state index in [2.05, 4.69) is 15.4 Å². The van der Waals surface area contributed by atoms with Crippen molar-refractivity contribution in [2.24, 2.45) is 5.73 Å². The van der Waals surface area contributed by atoms with Crippen LogP contribution in [0.15, 0.2) is 36.4 Å². The van der Waals surface area contributed by atoms with Crippen molar-refractivity contribution >= 4 is 17.4 Å². The van der Waals surface area contributed by atoms with Crippen LogP contribution in [0.1, 0.15) is 59.1 Å². The van der Waals surface area contributed by atoms with E-state index in [-0.39, 0.29) is 36.4 Å². The number of benzene rings is 1. The van der Waals surface area contributed by atoms with Crippen molar-refractivity contribution in [3.8, 4) is 0 Å².